The van der Waals surface area contributed by atoms with Crippen molar-refractivity contribution >= 4 is 44.4 Å². The van der Waals surface area contributed by atoms with Gasteiger partial charge in [-0.05, 0) is 55.3 Å². The van der Waals surface area contributed by atoms with Gasteiger partial charge in [0.25, 0.3) is 0 Å². The van der Waals surface area contributed by atoms with E-state index in [0.29, 0.717) is 13.0 Å². The average Bonchev–Trinajstić information content (AvgIpc) is 3.45. The molecule has 0 saturated heterocycles. The van der Waals surface area contributed by atoms with Crippen LogP contribution in [0, 0.1) is 13.8 Å². The van der Waals surface area contributed by atoms with Crippen LogP contribution in [0.4, 0.5) is 5.13 Å². The van der Waals surface area contributed by atoms with Gasteiger partial charge >= 0.3 is 0 Å². The van der Waals surface area contributed by atoms with Crippen LogP contribution in [-0.4, -0.2) is 33.2 Å². The molecule has 1 amide bonds. The Balaban J connectivity index is 1.59. The number of nitrogens with zero attached hydrogens (tertiary/aromatic N) is 4. The van der Waals surface area contributed by atoms with E-state index < -0.39 is 0 Å². The van der Waals surface area contributed by atoms with E-state index >= 15 is 0 Å². The summed E-state index contributed by atoms with van der Waals surface area (Å²) >= 11 is 3.31. The van der Waals surface area contributed by atoms with Crippen LogP contribution in [0.25, 0.3) is 10.2 Å². The van der Waals surface area contributed by atoms with E-state index in [0.717, 1.165) is 39.4 Å². The van der Waals surface area contributed by atoms with Crippen LogP contribution < -0.4 is 4.90 Å². The van der Waals surface area contributed by atoms with E-state index in [-0.39, 0.29) is 5.91 Å². The fourth-order valence-electron chi connectivity index (χ4n) is 3.53. The van der Waals surface area contributed by atoms with Crippen molar-refractivity contribution in [3.63, 3.8) is 0 Å². The number of thioether (sulfide) groups is 1. The van der Waals surface area contributed by atoms with Gasteiger partial charge in [0.2, 0.25) is 5.91 Å². The Kier molecular flexibility index (Phi) is 6.73. The molecule has 0 spiro atoms. The highest BCUT2D eigenvalue weighted by atomic mass is 32.2. The highest BCUT2D eigenvalue weighted by Gasteiger charge is 2.21. The lowest BCUT2D eigenvalue weighted by Crippen LogP contribution is -2.33. The second-order valence-electron chi connectivity index (χ2n) is 7.60. The molecule has 0 saturated carbocycles. The van der Waals surface area contributed by atoms with Crippen molar-refractivity contribution < 1.29 is 4.79 Å². The van der Waals surface area contributed by atoms with Gasteiger partial charge in [-0.1, -0.05) is 35.6 Å². The number of thiazole rings is 1. The highest BCUT2D eigenvalue weighted by Crippen LogP contribution is 2.33. The van der Waals surface area contributed by atoms with Gasteiger partial charge in [-0.2, -0.15) is 0 Å². The topological polar surface area (TPSA) is 51.0 Å². The molecule has 0 atom stereocenters. The summed E-state index contributed by atoms with van der Waals surface area (Å²) in [6, 6.07) is 12.4. The van der Waals surface area contributed by atoms with Crippen LogP contribution >= 0.6 is 23.1 Å². The van der Waals surface area contributed by atoms with Gasteiger partial charge in [-0.25, -0.2) is 9.97 Å². The third kappa shape index (κ3) is 4.99. The molecule has 5 nitrogen and oxygen atoms in total. The molecule has 0 radical (unpaired) electrons. The minimum Gasteiger partial charge on any atom is -0.337 e. The molecule has 0 fully saturated rings. The summed E-state index contributed by atoms with van der Waals surface area (Å²) in [6.45, 7) is 5.61. The first-order chi connectivity index (χ1) is 15.0. The van der Waals surface area contributed by atoms with E-state index in [1.165, 1.54) is 10.5 Å². The van der Waals surface area contributed by atoms with Crippen LogP contribution in [0.2, 0.25) is 0 Å². The maximum absolute atomic E-state index is 13.4. The van der Waals surface area contributed by atoms with Crippen LogP contribution in [-0.2, 0) is 17.8 Å². The fourth-order valence-corrected chi connectivity index (χ4v) is 5.10. The molecule has 2 aromatic heterocycles. The van der Waals surface area contributed by atoms with Gasteiger partial charge in [0.15, 0.2) is 5.13 Å². The van der Waals surface area contributed by atoms with Crippen molar-refractivity contribution in [2.45, 2.75) is 38.1 Å². The number of anilines is 1. The van der Waals surface area contributed by atoms with Gasteiger partial charge < -0.3 is 4.57 Å². The molecule has 4 aromatic rings. The van der Waals surface area contributed by atoms with Gasteiger partial charge in [0.05, 0.1) is 23.0 Å². The number of hydrogen-bond donors (Lipinski definition) is 0. The fraction of sp³-hybridized carbons (Fsp3) is 0.292. The zero-order valence-corrected chi connectivity index (χ0v) is 19.7. The summed E-state index contributed by atoms with van der Waals surface area (Å²) in [5.74, 6) is 0.0805. The van der Waals surface area contributed by atoms with Crippen molar-refractivity contribution in [1.82, 2.24) is 14.5 Å². The molecule has 160 valence electrons. The summed E-state index contributed by atoms with van der Waals surface area (Å²) < 4.78 is 3.20. The lowest BCUT2D eigenvalue weighted by molar-refractivity contribution is -0.118. The first kappa shape index (κ1) is 21.6. The average molecular weight is 451 g/mol. The summed E-state index contributed by atoms with van der Waals surface area (Å²) in [5, 5.41) is 0.781. The van der Waals surface area contributed by atoms with Gasteiger partial charge in [0, 0.05) is 30.4 Å². The van der Waals surface area contributed by atoms with Gasteiger partial charge in [-0.3, -0.25) is 9.69 Å². The maximum atomic E-state index is 13.4. The smallest absolute Gasteiger partial charge is 0.233 e. The van der Waals surface area contributed by atoms with Gasteiger partial charge in [-0.15, -0.1) is 11.8 Å². The number of aromatic nitrogens is 3. The minimum absolute atomic E-state index is 0.0805. The third-order valence-corrected chi connectivity index (χ3v) is 7.29. The predicted octanol–water partition coefficient (Wildman–Crippen LogP) is 5.50. The van der Waals surface area contributed by atoms with Crippen molar-refractivity contribution in [2.24, 2.45) is 0 Å². The van der Waals surface area contributed by atoms with Crippen LogP contribution in [0.3, 0.4) is 0 Å². The molecule has 2 heterocycles. The molecule has 0 aliphatic rings. The first-order valence-electron chi connectivity index (χ1n) is 10.3. The van der Waals surface area contributed by atoms with Crippen LogP contribution in [0.5, 0.6) is 0 Å². The van der Waals surface area contributed by atoms with Crippen LogP contribution in [0.1, 0.15) is 23.1 Å². The largest absolute Gasteiger partial charge is 0.337 e. The Bertz CT molecular complexity index is 1130. The second-order valence-corrected chi connectivity index (χ2v) is 9.45. The van der Waals surface area contributed by atoms with E-state index in [1.54, 1.807) is 29.3 Å². The summed E-state index contributed by atoms with van der Waals surface area (Å²) in [6.07, 6.45) is 8.79. The van der Waals surface area contributed by atoms with Crippen LogP contribution in [0.15, 0.2) is 60.0 Å². The number of carbonyl (C=O) groups excluding carboxylic acids is 1. The molecule has 0 N–H and O–H groups in total. The quantitative estimate of drug-likeness (QED) is 0.333. The molecule has 0 aliphatic heterocycles. The maximum Gasteiger partial charge on any atom is 0.233 e. The molecule has 0 unspecified atom stereocenters. The number of fused-ring (bicyclic) bond motifs is 1. The van der Waals surface area contributed by atoms with Crippen molar-refractivity contribution in [2.75, 3.05) is 17.7 Å². The molecule has 31 heavy (non-hydrogen) atoms. The number of carbonyl (C=O) groups is 1. The Morgan fingerprint density at radius 2 is 1.90 bits per heavy atom. The lowest BCUT2D eigenvalue weighted by Gasteiger charge is -2.20. The minimum atomic E-state index is 0.0805. The Labute approximate surface area is 191 Å². The predicted molar refractivity (Wildman–Crippen MR) is 130 cm³/mol. The normalized spacial score (nSPS) is 11.2. The number of imidazole rings is 1. The Morgan fingerprint density at radius 3 is 2.58 bits per heavy atom. The summed E-state index contributed by atoms with van der Waals surface area (Å²) in [4.78, 5) is 25.4. The van der Waals surface area contributed by atoms with E-state index in [9.17, 15) is 4.79 Å². The number of amides is 1. The lowest BCUT2D eigenvalue weighted by atomic mass is 10.1. The Morgan fingerprint density at radius 1 is 1.13 bits per heavy atom. The monoisotopic (exact) mass is 450 g/mol. The first-order valence-corrected chi connectivity index (χ1v) is 12.3. The Hall–Kier alpha value is -2.64. The standard InChI is InChI=1S/C24H26N4OS2/c1-17-5-6-18(2)23-22(17)26-24(31-23)28(13-4-12-27-14-11-25-16-27)21(29)15-19-7-9-20(30-3)10-8-19/h5-11,14,16H,4,12-13,15H2,1-3H3. The molecule has 7 heteroatoms. The second kappa shape index (κ2) is 9.66. The molecule has 0 aliphatic carbocycles. The highest BCUT2D eigenvalue weighted by molar-refractivity contribution is 7.98. The molecular weight excluding hydrogens is 424 g/mol. The van der Waals surface area contributed by atoms with E-state index in [4.69, 9.17) is 4.98 Å². The van der Waals surface area contributed by atoms with Crippen molar-refractivity contribution in [3.8, 4) is 0 Å². The molecule has 0 bridgehead atoms. The summed E-state index contributed by atoms with van der Waals surface area (Å²) in [5.41, 5.74) is 4.36. The SMILES string of the molecule is CSc1ccc(CC(=O)N(CCCn2ccnc2)c2nc3c(C)ccc(C)c3s2)cc1. The van der Waals surface area contributed by atoms with E-state index in [2.05, 4.69) is 49.4 Å². The summed E-state index contributed by atoms with van der Waals surface area (Å²) in [7, 11) is 0. The van der Waals surface area contributed by atoms with Crippen molar-refractivity contribution in [3.05, 3.63) is 71.8 Å². The van der Waals surface area contributed by atoms with E-state index in [1.807, 2.05) is 34.1 Å². The number of aryl methyl sites for hydroxylation is 3. The number of hydrogen-bond acceptors (Lipinski definition) is 5. The molecule has 4 rings (SSSR count). The zero-order chi connectivity index (χ0) is 21.8. The molecular formula is C24H26N4OS2. The number of benzene rings is 2. The molecule has 2 aromatic carbocycles. The van der Waals surface area contributed by atoms with Crippen molar-refractivity contribution in [1.29, 1.82) is 0 Å². The number of rotatable bonds is 8. The third-order valence-electron chi connectivity index (χ3n) is 5.33. The zero-order valence-electron chi connectivity index (χ0n) is 18.0. The van der Waals surface area contributed by atoms with Gasteiger partial charge in [0.1, 0.15) is 0 Å².